The first-order valence-corrected chi connectivity index (χ1v) is 8.44. The van der Waals surface area contributed by atoms with Gasteiger partial charge in [0.25, 0.3) is 10.2 Å². The number of nitrogens with one attached hydrogen (secondary N) is 2. The summed E-state index contributed by atoms with van der Waals surface area (Å²) in [6, 6.07) is 6.13. The van der Waals surface area contributed by atoms with E-state index >= 15 is 0 Å². The number of rotatable bonds is 9. The lowest BCUT2D eigenvalue weighted by molar-refractivity contribution is 0.439. The highest BCUT2D eigenvalue weighted by Crippen LogP contribution is 2.04. The summed E-state index contributed by atoms with van der Waals surface area (Å²) < 4.78 is 40.6. The topological polar surface area (TPSA) is 61.4 Å². The molecule has 1 aromatic rings. The van der Waals surface area contributed by atoms with Gasteiger partial charge >= 0.3 is 0 Å². The third-order valence-corrected chi connectivity index (χ3v) is 4.50. The van der Waals surface area contributed by atoms with Crippen LogP contribution in [-0.4, -0.2) is 38.9 Å². The summed E-state index contributed by atoms with van der Waals surface area (Å²) in [6.07, 6.45) is 0.742. The Hall–Kier alpha value is -1.02. The van der Waals surface area contributed by atoms with Crippen molar-refractivity contribution >= 4 is 10.2 Å². The van der Waals surface area contributed by atoms with Gasteiger partial charge in [0.15, 0.2) is 0 Å². The van der Waals surface area contributed by atoms with E-state index in [0.29, 0.717) is 12.6 Å². The molecule has 0 radical (unpaired) electrons. The van der Waals surface area contributed by atoms with Crippen molar-refractivity contribution in [2.45, 2.75) is 32.9 Å². The average molecular weight is 317 g/mol. The zero-order valence-electron chi connectivity index (χ0n) is 12.8. The minimum absolute atomic E-state index is 0.150. The summed E-state index contributed by atoms with van der Waals surface area (Å²) in [5, 5.41) is 3.24. The quantitative estimate of drug-likeness (QED) is 0.678. The standard InChI is InChI=1S/C14H24FN3O2S/c1-12(2)16-9-4-10-18(3)21(19,20)17-11-13-5-7-14(15)8-6-13/h5-8,12,16-17H,4,9-11H2,1-3H3. The van der Waals surface area contributed by atoms with E-state index in [1.54, 1.807) is 19.2 Å². The summed E-state index contributed by atoms with van der Waals surface area (Å²) in [7, 11) is -1.96. The molecule has 7 heteroatoms. The number of hydrogen-bond donors (Lipinski definition) is 2. The van der Waals surface area contributed by atoms with Crippen LogP contribution < -0.4 is 10.0 Å². The third kappa shape index (κ3) is 6.99. The summed E-state index contributed by atoms with van der Waals surface area (Å²) in [5.74, 6) is -0.337. The Balaban J connectivity index is 2.39. The van der Waals surface area contributed by atoms with Gasteiger partial charge < -0.3 is 5.32 Å². The first kappa shape index (κ1) is 18.0. The SMILES string of the molecule is CC(C)NCCCN(C)S(=O)(=O)NCc1ccc(F)cc1. The molecular weight excluding hydrogens is 293 g/mol. The minimum atomic E-state index is -3.51. The van der Waals surface area contributed by atoms with Gasteiger partial charge in [-0.3, -0.25) is 0 Å². The molecule has 0 aromatic heterocycles. The third-order valence-electron chi connectivity index (χ3n) is 2.98. The second-order valence-electron chi connectivity index (χ2n) is 5.24. The van der Waals surface area contributed by atoms with Crippen molar-refractivity contribution in [2.24, 2.45) is 0 Å². The van der Waals surface area contributed by atoms with Crippen LogP contribution in [0.5, 0.6) is 0 Å². The van der Waals surface area contributed by atoms with Gasteiger partial charge in [0.05, 0.1) is 0 Å². The van der Waals surface area contributed by atoms with Gasteiger partial charge in [-0.1, -0.05) is 26.0 Å². The van der Waals surface area contributed by atoms with E-state index in [1.165, 1.54) is 16.4 Å². The highest BCUT2D eigenvalue weighted by Gasteiger charge is 2.16. The Kier molecular flexibility index (Phi) is 7.24. The van der Waals surface area contributed by atoms with Crippen LogP contribution in [0.1, 0.15) is 25.8 Å². The number of benzene rings is 1. The molecule has 0 aliphatic carbocycles. The Labute approximate surface area is 126 Å². The fraction of sp³-hybridized carbons (Fsp3) is 0.571. The molecule has 2 N–H and O–H groups in total. The van der Waals surface area contributed by atoms with E-state index in [-0.39, 0.29) is 12.4 Å². The second-order valence-corrected chi connectivity index (χ2v) is 7.10. The molecule has 120 valence electrons. The molecule has 0 saturated carbocycles. The summed E-state index contributed by atoms with van der Waals surface area (Å²) >= 11 is 0. The number of nitrogens with zero attached hydrogens (tertiary/aromatic N) is 1. The highest BCUT2D eigenvalue weighted by atomic mass is 32.2. The van der Waals surface area contributed by atoms with Gasteiger partial charge in [-0.05, 0) is 30.7 Å². The van der Waals surface area contributed by atoms with E-state index in [1.807, 2.05) is 13.8 Å². The second kappa shape index (κ2) is 8.43. The van der Waals surface area contributed by atoms with Gasteiger partial charge in [-0.2, -0.15) is 17.4 Å². The van der Waals surface area contributed by atoms with Crippen molar-refractivity contribution in [3.8, 4) is 0 Å². The molecule has 0 bridgehead atoms. The zero-order chi connectivity index (χ0) is 15.9. The van der Waals surface area contributed by atoms with Crippen LogP contribution >= 0.6 is 0 Å². The fourth-order valence-corrected chi connectivity index (χ4v) is 2.64. The molecule has 0 aliphatic heterocycles. The molecule has 21 heavy (non-hydrogen) atoms. The zero-order valence-corrected chi connectivity index (χ0v) is 13.6. The predicted octanol–water partition coefficient (Wildman–Crippen LogP) is 1.48. The van der Waals surface area contributed by atoms with E-state index in [2.05, 4.69) is 10.0 Å². The van der Waals surface area contributed by atoms with Crippen LogP contribution in [-0.2, 0) is 16.8 Å². The van der Waals surface area contributed by atoms with Gasteiger partial charge in [0, 0.05) is 26.2 Å². The number of hydrogen-bond acceptors (Lipinski definition) is 3. The first-order valence-electron chi connectivity index (χ1n) is 7.00. The highest BCUT2D eigenvalue weighted by molar-refractivity contribution is 7.87. The predicted molar refractivity (Wildman–Crippen MR) is 82.5 cm³/mol. The summed E-state index contributed by atoms with van der Waals surface area (Å²) in [4.78, 5) is 0. The molecule has 1 aromatic carbocycles. The van der Waals surface area contributed by atoms with Crippen molar-refractivity contribution in [3.05, 3.63) is 35.6 Å². The normalized spacial score (nSPS) is 12.3. The fourth-order valence-electron chi connectivity index (χ4n) is 1.70. The van der Waals surface area contributed by atoms with Crippen LogP contribution in [0.15, 0.2) is 24.3 Å². The average Bonchev–Trinajstić information content (AvgIpc) is 2.42. The maximum Gasteiger partial charge on any atom is 0.279 e. The minimum Gasteiger partial charge on any atom is -0.314 e. The van der Waals surface area contributed by atoms with Gasteiger partial charge in [0.1, 0.15) is 5.82 Å². The molecule has 1 rings (SSSR count). The smallest absolute Gasteiger partial charge is 0.279 e. The molecule has 5 nitrogen and oxygen atoms in total. The number of halogens is 1. The largest absolute Gasteiger partial charge is 0.314 e. The van der Waals surface area contributed by atoms with Crippen LogP contribution in [0.25, 0.3) is 0 Å². The molecule has 0 spiro atoms. The molecule has 0 fully saturated rings. The molecule has 0 unspecified atom stereocenters. The molecule has 0 heterocycles. The lowest BCUT2D eigenvalue weighted by Gasteiger charge is -2.18. The van der Waals surface area contributed by atoms with Crippen molar-refractivity contribution in [1.29, 1.82) is 0 Å². The molecule has 0 aliphatic rings. The van der Waals surface area contributed by atoms with Crippen molar-refractivity contribution < 1.29 is 12.8 Å². The van der Waals surface area contributed by atoms with Crippen molar-refractivity contribution in [1.82, 2.24) is 14.3 Å². The molecule has 0 saturated heterocycles. The Morgan fingerprint density at radius 2 is 1.86 bits per heavy atom. The van der Waals surface area contributed by atoms with Gasteiger partial charge in [-0.15, -0.1) is 0 Å². The van der Waals surface area contributed by atoms with E-state index < -0.39 is 10.2 Å². The Morgan fingerprint density at radius 1 is 1.24 bits per heavy atom. The summed E-state index contributed by atoms with van der Waals surface area (Å²) in [6.45, 7) is 5.46. The summed E-state index contributed by atoms with van der Waals surface area (Å²) in [5.41, 5.74) is 0.717. The molecular formula is C14H24FN3O2S. The molecule has 0 atom stereocenters. The molecule has 0 amide bonds. The van der Waals surface area contributed by atoms with Crippen LogP contribution in [0.3, 0.4) is 0 Å². The van der Waals surface area contributed by atoms with Crippen molar-refractivity contribution in [3.63, 3.8) is 0 Å². The van der Waals surface area contributed by atoms with Gasteiger partial charge in [0.2, 0.25) is 0 Å². The van der Waals surface area contributed by atoms with E-state index in [0.717, 1.165) is 18.5 Å². The Bertz CT molecular complexity index is 518. The maximum absolute atomic E-state index is 12.8. The first-order chi connectivity index (χ1) is 9.81. The van der Waals surface area contributed by atoms with Gasteiger partial charge in [-0.25, -0.2) is 4.39 Å². The van der Waals surface area contributed by atoms with Crippen molar-refractivity contribution in [2.75, 3.05) is 20.1 Å². The Morgan fingerprint density at radius 3 is 2.43 bits per heavy atom. The van der Waals surface area contributed by atoms with E-state index in [9.17, 15) is 12.8 Å². The van der Waals surface area contributed by atoms with Crippen LogP contribution in [0.2, 0.25) is 0 Å². The van der Waals surface area contributed by atoms with Crippen LogP contribution in [0, 0.1) is 5.82 Å². The van der Waals surface area contributed by atoms with Crippen LogP contribution in [0.4, 0.5) is 4.39 Å². The monoisotopic (exact) mass is 317 g/mol. The maximum atomic E-state index is 12.8. The lowest BCUT2D eigenvalue weighted by atomic mass is 10.2. The lowest BCUT2D eigenvalue weighted by Crippen LogP contribution is -2.39. The van der Waals surface area contributed by atoms with E-state index in [4.69, 9.17) is 0 Å².